The Morgan fingerprint density at radius 2 is 1.84 bits per heavy atom. The van der Waals surface area contributed by atoms with Crippen LogP contribution in [0.4, 0.5) is 13.2 Å². The Morgan fingerprint density at radius 1 is 1.14 bits per heavy atom. The molecule has 1 N–H and O–H groups in total. The van der Waals surface area contributed by atoms with Crippen LogP contribution >= 0.6 is 0 Å². The number of nitriles is 1. The first-order chi connectivity index (χ1) is 17.6. The van der Waals surface area contributed by atoms with Gasteiger partial charge in [0.2, 0.25) is 0 Å². The summed E-state index contributed by atoms with van der Waals surface area (Å²) in [6.07, 6.45) is -1.86. The van der Waals surface area contributed by atoms with Crippen molar-refractivity contribution in [3.63, 3.8) is 0 Å². The molecule has 0 unspecified atom stereocenters. The van der Waals surface area contributed by atoms with E-state index in [1.807, 2.05) is 6.07 Å². The van der Waals surface area contributed by atoms with Gasteiger partial charge in [-0.25, -0.2) is 4.79 Å². The highest BCUT2D eigenvalue weighted by molar-refractivity contribution is 5.87. The van der Waals surface area contributed by atoms with E-state index >= 15 is 0 Å². The smallest absolute Gasteiger partial charge is 0.416 e. The predicted molar refractivity (Wildman–Crippen MR) is 135 cm³/mol. The van der Waals surface area contributed by atoms with Crippen molar-refractivity contribution < 1.29 is 18.3 Å². The van der Waals surface area contributed by atoms with Crippen LogP contribution in [-0.2, 0) is 19.1 Å². The molecule has 0 saturated carbocycles. The number of aliphatic hydroxyl groups excluding tert-OH is 1. The minimum absolute atomic E-state index is 0.0515. The molecule has 0 fully saturated rings. The Morgan fingerprint density at radius 3 is 2.43 bits per heavy atom. The number of unbranched alkanes of at least 4 members (excludes halogenated alkanes) is 1. The number of allylic oxidation sites excluding steroid dienone is 2. The Bertz CT molecular complexity index is 1480. The lowest BCUT2D eigenvalue weighted by Crippen LogP contribution is -2.42. The molecule has 0 saturated heterocycles. The maximum atomic E-state index is 13.5. The number of rotatable bonds is 9. The van der Waals surface area contributed by atoms with E-state index in [1.165, 1.54) is 25.1 Å². The largest absolute Gasteiger partial charge is 0.811 e. The van der Waals surface area contributed by atoms with E-state index in [-0.39, 0.29) is 42.9 Å². The number of benzene rings is 2. The molecule has 0 atom stereocenters. The minimum Gasteiger partial charge on any atom is -0.811 e. The van der Waals surface area contributed by atoms with Crippen molar-refractivity contribution in [2.24, 2.45) is 0 Å². The number of aromatic nitrogens is 2. The van der Waals surface area contributed by atoms with Crippen LogP contribution in [0.15, 0.2) is 64.2 Å². The lowest BCUT2D eigenvalue weighted by Gasteiger charge is -2.20. The molecule has 10 heteroatoms. The third-order valence-corrected chi connectivity index (χ3v) is 5.87. The fourth-order valence-corrected chi connectivity index (χ4v) is 4.06. The first-order valence-corrected chi connectivity index (χ1v) is 11.4. The van der Waals surface area contributed by atoms with Crippen LogP contribution in [0, 0.1) is 18.3 Å². The Kier molecular flexibility index (Phi) is 8.63. The van der Waals surface area contributed by atoms with Crippen molar-refractivity contribution in [1.29, 1.82) is 5.26 Å². The molecule has 192 valence electrons. The maximum Gasteiger partial charge on any atom is 0.416 e. The second kappa shape index (κ2) is 11.7. The molecule has 1 heterocycles. The molecular formula is C27H24F3N4O3-. The number of nitrogens with zero attached hydrogens (tertiary/aromatic N) is 4. The van der Waals surface area contributed by atoms with Gasteiger partial charge in [0.15, 0.2) is 0 Å². The number of alkyl halides is 3. The van der Waals surface area contributed by atoms with E-state index < -0.39 is 23.0 Å². The van der Waals surface area contributed by atoms with Gasteiger partial charge in [-0.3, -0.25) is 13.9 Å². The van der Waals surface area contributed by atoms with Crippen LogP contribution in [0.1, 0.15) is 40.8 Å². The summed E-state index contributed by atoms with van der Waals surface area (Å²) in [6.45, 7) is 1.25. The summed E-state index contributed by atoms with van der Waals surface area (Å²) in [5.74, 6) is 0. The normalized spacial score (nSPS) is 11.8. The summed E-state index contributed by atoms with van der Waals surface area (Å²) < 4.78 is 42.2. The molecule has 1 aromatic heterocycles. The molecule has 0 aliphatic heterocycles. The number of halogens is 3. The molecule has 3 aromatic rings. The fourth-order valence-electron chi connectivity index (χ4n) is 4.06. The Hall–Kier alpha value is -4.23. The van der Waals surface area contributed by atoms with Crippen LogP contribution in [0.5, 0.6) is 0 Å². The Balaban J connectivity index is 2.28. The predicted octanol–water partition coefficient (Wildman–Crippen LogP) is 4.24. The molecule has 37 heavy (non-hydrogen) atoms. The molecule has 2 aromatic carbocycles. The number of hydrogen-bond acceptors (Lipinski definition) is 4. The standard InChI is InChI=1S/C27H24F3N4O3/c1-18-24(21(11-12-31)15-19-7-9-20(17-32)10-8-19)25(36)33(13-2-3-14-35)26(37)34(18)23-6-4-5-22(16-23)27(28,29)30/h4-12,16,35H,2-3,13-15H2,1H3/q-1/b21-11+. The molecule has 7 nitrogen and oxygen atoms in total. The van der Waals surface area contributed by atoms with Gasteiger partial charge in [-0.1, -0.05) is 24.3 Å². The zero-order valence-electron chi connectivity index (χ0n) is 20.0. The first-order valence-electron chi connectivity index (χ1n) is 11.4. The van der Waals surface area contributed by atoms with Gasteiger partial charge in [0.1, 0.15) is 0 Å². The van der Waals surface area contributed by atoms with Crippen molar-refractivity contribution in [3.05, 3.63) is 109 Å². The highest BCUT2D eigenvalue weighted by atomic mass is 19.4. The highest BCUT2D eigenvalue weighted by Gasteiger charge is 2.31. The van der Waals surface area contributed by atoms with E-state index in [9.17, 15) is 28.2 Å². The SMILES string of the molecule is Cc1c(/C(=C/C=[N-])Cc2ccc(C#N)cc2)c(=O)n(CCCCO)c(=O)n1-c1cccc(C(F)(F)F)c1. The van der Waals surface area contributed by atoms with Crippen molar-refractivity contribution in [2.75, 3.05) is 6.61 Å². The molecule has 0 aliphatic rings. The van der Waals surface area contributed by atoms with Gasteiger partial charge >= 0.3 is 11.9 Å². The van der Waals surface area contributed by atoms with Gasteiger partial charge in [-0.05, 0) is 67.7 Å². The third kappa shape index (κ3) is 6.13. The van der Waals surface area contributed by atoms with Gasteiger partial charge in [0, 0.05) is 18.8 Å². The quantitative estimate of drug-likeness (QED) is 0.344. The lowest BCUT2D eigenvalue weighted by molar-refractivity contribution is -0.137. The molecule has 0 amide bonds. The number of aliphatic hydroxyl groups is 1. The van der Waals surface area contributed by atoms with E-state index in [0.717, 1.165) is 27.5 Å². The van der Waals surface area contributed by atoms with Crippen molar-refractivity contribution in [1.82, 2.24) is 9.13 Å². The summed E-state index contributed by atoms with van der Waals surface area (Å²) in [5.41, 5.74) is -0.873. The maximum absolute atomic E-state index is 13.5. The van der Waals surface area contributed by atoms with Gasteiger partial charge in [-0.2, -0.15) is 24.6 Å². The average molecular weight is 510 g/mol. The first kappa shape index (κ1) is 27.4. The van der Waals surface area contributed by atoms with E-state index in [2.05, 4.69) is 0 Å². The summed E-state index contributed by atoms with van der Waals surface area (Å²) in [5, 5.41) is 27.8. The van der Waals surface area contributed by atoms with Crippen LogP contribution in [0.3, 0.4) is 0 Å². The highest BCUT2D eigenvalue weighted by Crippen LogP contribution is 2.30. The fraction of sp³-hybridized carbons (Fsp3) is 0.259. The molecule has 0 radical (unpaired) electrons. The number of hydrogen-bond donors (Lipinski definition) is 1. The summed E-state index contributed by atoms with van der Waals surface area (Å²) in [4.78, 5) is 27.0. The van der Waals surface area contributed by atoms with Crippen molar-refractivity contribution >= 4 is 11.8 Å². The Labute approximate surface area is 210 Å². The molecule has 0 aliphatic carbocycles. The van der Waals surface area contributed by atoms with E-state index in [1.54, 1.807) is 24.3 Å². The third-order valence-electron chi connectivity index (χ3n) is 5.87. The summed E-state index contributed by atoms with van der Waals surface area (Å²) in [6, 6.07) is 12.8. The van der Waals surface area contributed by atoms with Gasteiger partial charge in [-0.15, -0.1) is 0 Å². The topological polar surface area (TPSA) is 110 Å². The van der Waals surface area contributed by atoms with Gasteiger partial charge < -0.3 is 10.5 Å². The monoisotopic (exact) mass is 509 g/mol. The van der Waals surface area contributed by atoms with Crippen molar-refractivity contribution in [3.8, 4) is 11.8 Å². The zero-order chi connectivity index (χ0) is 27.2. The van der Waals surface area contributed by atoms with E-state index in [0.29, 0.717) is 23.1 Å². The van der Waals surface area contributed by atoms with Gasteiger partial charge in [0.25, 0.3) is 5.56 Å². The van der Waals surface area contributed by atoms with Crippen molar-refractivity contribution in [2.45, 2.75) is 38.9 Å². The van der Waals surface area contributed by atoms with Crippen LogP contribution < -0.4 is 11.2 Å². The lowest BCUT2D eigenvalue weighted by atomic mass is 9.96. The second-order valence-electron chi connectivity index (χ2n) is 8.34. The molecular weight excluding hydrogens is 485 g/mol. The van der Waals surface area contributed by atoms with Crippen LogP contribution in [0.25, 0.3) is 16.7 Å². The van der Waals surface area contributed by atoms with Crippen LogP contribution in [0.2, 0.25) is 0 Å². The molecule has 0 spiro atoms. The second-order valence-corrected chi connectivity index (χ2v) is 8.34. The summed E-state index contributed by atoms with van der Waals surface area (Å²) in [7, 11) is 0. The summed E-state index contributed by atoms with van der Waals surface area (Å²) >= 11 is 0. The van der Waals surface area contributed by atoms with E-state index in [4.69, 9.17) is 10.4 Å². The minimum atomic E-state index is -4.64. The van der Waals surface area contributed by atoms with Gasteiger partial charge in [0.05, 0.1) is 28.4 Å². The molecule has 0 bridgehead atoms. The van der Waals surface area contributed by atoms with Crippen LogP contribution in [-0.4, -0.2) is 27.1 Å². The zero-order valence-corrected chi connectivity index (χ0v) is 20.0. The molecule has 3 rings (SSSR count). The average Bonchev–Trinajstić information content (AvgIpc) is 2.86.